The van der Waals surface area contributed by atoms with Gasteiger partial charge in [0.25, 0.3) is 0 Å². The first-order chi connectivity index (χ1) is 12.1. The van der Waals surface area contributed by atoms with E-state index in [4.69, 9.17) is 17.0 Å². The number of ketones is 1. The molecule has 8 heteroatoms. The third-order valence-electron chi connectivity index (χ3n) is 3.30. The van der Waals surface area contributed by atoms with Crippen molar-refractivity contribution >= 4 is 40.4 Å². The molecule has 0 aliphatic heterocycles. The van der Waals surface area contributed by atoms with Crippen LogP contribution in [0.4, 0.5) is 0 Å². The first kappa shape index (κ1) is 18.9. The Balaban J connectivity index is 1.63. The quantitative estimate of drug-likeness (QED) is 0.391. The Hall–Kier alpha value is -2.45. The number of hydrogen-bond acceptors (Lipinski definition) is 5. The van der Waals surface area contributed by atoms with Crippen molar-refractivity contribution in [1.82, 2.24) is 16.2 Å². The minimum absolute atomic E-state index is 0.0367. The molecule has 25 heavy (non-hydrogen) atoms. The van der Waals surface area contributed by atoms with Gasteiger partial charge in [0.15, 0.2) is 10.9 Å². The van der Waals surface area contributed by atoms with Crippen LogP contribution in [0.1, 0.15) is 28.1 Å². The van der Waals surface area contributed by atoms with Gasteiger partial charge in [-0.1, -0.05) is 18.2 Å². The monoisotopic (exact) mass is 377 g/mol. The molecule has 0 fully saturated rings. The maximum Gasteiger partial charge on any atom is 0.238 e. The number of hydrazine groups is 1. The van der Waals surface area contributed by atoms with Crippen LogP contribution in [0.15, 0.2) is 41.8 Å². The second-order valence-electron chi connectivity index (χ2n) is 5.10. The van der Waals surface area contributed by atoms with Crippen LogP contribution in [-0.2, 0) is 11.3 Å². The summed E-state index contributed by atoms with van der Waals surface area (Å²) in [5.74, 6) is 0.456. The fourth-order valence-corrected chi connectivity index (χ4v) is 2.76. The Morgan fingerprint density at radius 2 is 1.88 bits per heavy atom. The van der Waals surface area contributed by atoms with Crippen molar-refractivity contribution in [2.75, 3.05) is 7.11 Å². The molecule has 0 unspecified atom stereocenters. The van der Waals surface area contributed by atoms with Crippen LogP contribution in [0.3, 0.4) is 0 Å². The molecule has 1 aromatic carbocycles. The Morgan fingerprint density at radius 3 is 2.52 bits per heavy atom. The van der Waals surface area contributed by atoms with Crippen molar-refractivity contribution < 1.29 is 14.3 Å². The molecule has 6 nitrogen and oxygen atoms in total. The molecule has 1 heterocycles. The minimum atomic E-state index is -0.293. The Morgan fingerprint density at radius 1 is 1.12 bits per heavy atom. The van der Waals surface area contributed by atoms with Crippen molar-refractivity contribution in [1.29, 1.82) is 0 Å². The number of methoxy groups -OCH3 is 1. The van der Waals surface area contributed by atoms with Gasteiger partial charge in [0.1, 0.15) is 5.75 Å². The molecular weight excluding hydrogens is 358 g/mol. The fraction of sp³-hybridized carbons (Fsp3) is 0.235. The van der Waals surface area contributed by atoms with Crippen LogP contribution in [0.2, 0.25) is 0 Å². The van der Waals surface area contributed by atoms with E-state index in [2.05, 4.69) is 16.2 Å². The summed E-state index contributed by atoms with van der Waals surface area (Å²) in [6.45, 7) is 0.516. The largest absolute Gasteiger partial charge is 0.497 e. The van der Waals surface area contributed by atoms with Gasteiger partial charge in [-0.3, -0.25) is 20.4 Å². The summed E-state index contributed by atoms with van der Waals surface area (Å²) in [4.78, 5) is 24.2. The molecule has 1 amide bonds. The third-order valence-corrected chi connectivity index (χ3v) is 4.46. The van der Waals surface area contributed by atoms with Crippen LogP contribution >= 0.6 is 23.6 Å². The first-order valence-electron chi connectivity index (χ1n) is 7.61. The van der Waals surface area contributed by atoms with Gasteiger partial charge in [0.05, 0.1) is 12.0 Å². The van der Waals surface area contributed by atoms with E-state index in [-0.39, 0.29) is 24.5 Å². The summed E-state index contributed by atoms with van der Waals surface area (Å²) in [6, 6.07) is 11.1. The van der Waals surface area contributed by atoms with Crippen molar-refractivity contribution in [2.24, 2.45) is 0 Å². The number of carbonyl (C=O) groups excluding carboxylic acids is 2. The molecule has 0 aliphatic carbocycles. The normalized spacial score (nSPS) is 9.96. The van der Waals surface area contributed by atoms with Gasteiger partial charge in [-0.15, -0.1) is 11.3 Å². The smallest absolute Gasteiger partial charge is 0.238 e. The van der Waals surface area contributed by atoms with Crippen LogP contribution in [0.5, 0.6) is 5.75 Å². The molecule has 2 rings (SSSR count). The second kappa shape index (κ2) is 9.75. The van der Waals surface area contributed by atoms with Crippen LogP contribution < -0.4 is 20.9 Å². The van der Waals surface area contributed by atoms with Crippen LogP contribution in [0, 0.1) is 0 Å². The molecule has 1 aromatic heterocycles. The fourth-order valence-electron chi connectivity index (χ4n) is 1.95. The summed E-state index contributed by atoms with van der Waals surface area (Å²) in [6.07, 6.45) is 0.269. The summed E-state index contributed by atoms with van der Waals surface area (Å²) >= 11 is 6.47. The molecule has 2 aromatic rings. The number of thiophene rings is 1. The summed E-state index contributed by atoms with van der Waals surface area (Å²) in [5.41, 5.74) is 6.12. The van der Waals surface area contributed by atoms with E-state index < -0.39 is 0 Å². The zero-order chi connectivity index (χ0) is 18.1. The zero-order valence-corrected chi connectivity index (χ0v) is 15.3. The lowest BCUT2D eigenvalue weighted by Gasteiger charge is -2.11. The number of ether oxygens (including phenoxy) is 1. The van der Waals surface area contributed by atoms with E-state index in [1.165, 1.54) is 11.3 Å². The highest BCUT2D eigenvalue weighted by Gasteiger charge is 2.10. The number of thiocarbonyl (C=S) groups is 1. The maximum atomic E-state index is 11.8. The highest BCUT2D eigenvalue weighted by molar-refractivity contribution is 7.80. The summed E-state index contributed by atoms with van der Waals surface area (Å²) in [5, 5.41) is 5.11. The van der Waals surface area contributed by atoms with Gasteiger partial charge < -0.3 is 10.1 Å². The van der Waals surface area contributed by atoms with Crippen molar-refractivity contribution in [3.8, 4) is 5.75 Å². The molecule has 0 saturated carbocycles. The maximum absolute atomic E-state index is 11.8. The van der Waals surface area contributed by atoms with Crippen molar-refractivity contribution in [2.45, 2.75) is 19.4 Å². The molecule has 0 saturated heterocycles. The number of Topliss-reactive ketones (excluding diaryl/α,β-unsaturated/α-hetero) is 1. The average Bonchev–Trinajstić information content (AvgIpc) is 3.18. The zero-order valence-electron chi connectivity index (χ0n) is 13.7. The van der Waals surface area contributed by atoms with Gasteiger partial charge in [0.2, 0.25) is 5.91 Å². The third kappa shape index (κ3) is 6.52. The number of hydrogen-bond donors (Lipinski definition) is 3. The van der Waals surface area contributed by atoms with Crippen LogP contribution in [-0.4, -0.2) is 23.9 Å². The summed E-state index contributed by atoms with van der Waals surface area (Å²) in [7, 11) is 1.61. The molecule has 132 valence electrons. The highest BCUT2D eigenvalue weighted by atomic mass is 32.1. The average molecular weight is 377 g/mol. The predicted molar refractivity (Wildman–Crippen MR) is 102 cm³/mol. The van der Waals surface area contributed by atoms with Gasteiger partial charge in [0, 0.05) is 19.4 Å². The Kier molecular flexibility index (Phi) is 7.36. The van der Waals surface area contributed by atoms with E-state index in [1.54, 1.807) is 13.2 Å². The number of amides is 1. The van der Waals surface area contributed by atoms with E-state index >= 15 is 0 Å². The van der Waals surface area contributed by atoms with E-state index in [0.717, 1.165) is 11.3 Å². The SMILES string of the molecule is COc1ccc(CNC(=S)NNC(=O)CCC(=O)c2cccs2)cc1. The Bertz CT molecular complexity index is 715. The number of benzene rings is 1. The molecular formula is C17H19N3O3S2. The summed E-state index contributed by atoms with van der Waals surface area (Å²) < 4.78 is 5.09. The van der Waals surface area contributed by atoms with E-state index in [9.17, 15) is 9.59 Å². The highest BCUT2D eigenvalue weighted by Crippen LogP contribution is 2.12. The molecule has 0 spiro atoms. The van der Waals surface area contributed by atoms with E-state index in [0.29, 0.717) is 16.5 Å². The second-order valence-corrected chi connectivity index (χ2v) is 6.46. The van der Waals surface area contributed by atoms with Crippen molar-refractivity contribution in [3.63, 3.8) is 0 Å². The number of carbonyl (C=O) groups is 2. The van der Waals surface area contributed by atoms with Crippen LogP contribution in [0.25, 0.3) is 0 Å². The lowest BCUT2D eigenvalue weighted by atomic mass is 10.2. The lowest BCUT2D eigenvalue weighted by Crippen LogP contribution is -2.46. The Labute approximate surface area is 155 Å². The lowest BCUT2D eigenvalue weighted by molar-refractivity contribution is -0.121. The number of nitrogens with one attached hydrogen (secondary N) is 3. The number of rotatable bonds is 7. The van der Waals surface area contributed by atoms with Crippen molar-refractivity contribution in [3.05, 3.63) is 52.2 Å². The van der Waals surface area contributed by atoms with Gasteiger partial charge in [-0.2, -0.15) is 0 Å². The minimum Gasteiger partial charge on any atom is -0.497 e. The van der Waals surface area contributed by atoms with Gasteiger partial charge in [-0.05, 0) is 41.4 Å². The molecule has 0 aliphatic rings. The first-order valence-corrected chi connectivity index (χ1v) is 8.89. The molecule has 0 atom stereocenters. The molecule has 0 radical (unpaired) electrons. The van der Waals surface area contributed by atoms with Gasteiger partial charge >= 0.3 is 0 Å². The molecule has 0 bridgehead atoms. The predicted octanol–water partition coefficient (Wildman–Crippen LogP) is 2.42. The van der Waals surface area contributed by atoms with E-state index in [1.807, 2.05) is 35.7 Å². The van der Waals surface area contributed by atoms with Gasteiger partial charge in [-0.25, -0.2) is 0 Å². The molecule has 3 N–H and O–H groups in total. The standard InChI is InChI=1S/C17H19N3O3S2/c1-23-13-6-4-12(5-7-13)11-18-17(24)20-19-16(22)9-8-14(21)15-3-2-10-25-15/h2-7,10H,8-9,11H2,1H3,(H,19,22)(H2,18,20,24). The topological polar surface area (TPSA) is 79.5 Å².